The number of para-hydroxylation sites is 1. The number of rotatable bonds is 4. The van der Waals surface area contributed by atoms with Gasteiger partial charge in [-0.3, -0.25) is 0 Å². The van der Waals surface area contributed by atoms with Gasteiger partial charge in [0, 0.05) is 44.5 Å². The zero-order valence-electron chi connectivity index (χ0n) is 47.1. The Balaban J connectivity index is 1.16. The Hall–Kier alpha value is -6.00. The van der Waals surface area contributed by atoms with E-state index in [4.69, 9.17) is 4.42 Å². The van der Waals surface area contributed by atoms with Crippen LogP contribution in [0.3, 0.4) is 0 Å². The maximum absolute atomic E-state index is 7.18. The van der Waals surface area contributed by atoms with Crippen molar-refractivity contribution in [1.29, 1.82) is 0 Å². The van der Waals surface area contributed by atoms with E-state index in [1.807, 2.05) is 0 Å². The van der Waals surface area contributed by atoms with Gasteiger partial charge in [0.15, 0.2) is 12.9 Å². The molecule has 0 atom stereocenters. The largest absolute Gasteiger partial charge is 0.454 e. The molecule has 1 N–H and O–H groups in total. The number of nitrogens with one attached hydrogen (secondary N) is 1. The van der Waals surface area contributed by atoms with E-state index in [0.29, 0.717) is 0 Å². The van der Waals surface area contributed by atoms with Crippen molar-refractivity contribution in [1.82, 2.24) is 0 Å². The minimum absolute atomic E-state index is 0.00100. The highest BCUT2D eigenvalue weighted by molar-refractivity contribution is 6.74. The van der Waals surface area contributed by atoms with Gasteiger partial charge in [-0.05, 0) is 193 Å². The SMILES string of the molecule is Cc1cc2c(cc1N1c3c(c(-c4cc5c(cc4Nc4ccc6c(c4)C(C)(C)CCC6(C)C)C(C)(C)CCC5(C)C)cc4c3C(C)(C)c3ccccc3-4)[B]c3ccc4c(oc5ccccc54)c31)C(C)(C)CCC2(C)C. The van der Waals surface area contributed by atoms with Crippen LogP contribution >= 0.6 is 0 Å². The van der Waals surface area contributed by atoms with Gasteiger partial charge in [-0.1, -0.05) is 169 Å². The average molecular weight is 972 g/mol. The van der Waals surface area contributed by atoms with Gasteiger partial charge in [-0.2, -0.15) is 0 Å². The Morgan fingerprint density at radius 2 is 1.03 bits per heavy atom. The molecule has 0 fully saturated rings. The van der Waals surface area contributed by atoms with Crippen LogP contribution in [0.1, 0.15) is 186 Å². The van der Waals surface area contributed by atoms with E-state index < -0.39 is 0 Å². The van der Waals surface area contributed by atoms with Gasteiger partial charge in [0.2, 0.25) is 0 Å². The average Bonchev–Trinajstić information content (AvgIpc) is 3.84. The summed E-state index contributed by atoms with van der Waals surface area (Å²) in [5.41, 5.74) is 28.2. The second-order valence-electron chi connectivity index (χ2n) is 28.1. The minimum atomic E-state index is -0.310. The van der Waals surface area contributed by atoms with E-state index in [9.17, 15) is 0 Å². The number of hydrogen-bond donors (Lipinski definition) is 1. The fraction of sp³-hybridized carbons (Fsp3) is 0.400. The van der Waals surface area contributed by atoms with Gasteiger partial charge < -0.3 is 14.6 Å². The molecular weight excluding hydrogens is 896 g/mol. The Labute approximate surface area is 442 Å². The molecule has 13 rings (SSSR count). The standard InChI is InChI=1S/C70H76BN2O/c1-40-34-50-54(69(12,13)33-30-65(50,4)5)39-57(40)73-61-55(27-25-44-43-21-17-19-23-58(43)74-63(44)61)71-60-47(36-46-42-20-16-18-22-48(42)70(14,15)59(46)62(60)73)45-37-52-53(68(10,11)32-31-67(52,8)9)38-56(45)72-41-24-26-49-51(35-41)66(6,7)29-28-64(49,2)3/h16-27,34-39,72H,28-33H2,1-15H3. The molecule has 3 nitrogen and oxygen atoms in total. The monoisotopic (exact) mass is 972 g/mol. The summed E-state index contributed by atoms with van der Waals surface area (Å²) >= 11 is 0. The fourth-order valence-electron chi connectivity index (χ4n) is 14.9. The molecule has 74 heavy (non-hydrogen) atoms. The molecule has 375 valence electrons. The van der Waals surface area contributed by atoms with Crippen LogP contribution < -0.4 is 21.1 Å². The molecular formula is C70H76BN2O. The Morgan fingerprint density at radius 1 is 0.459 bits per heavy atom. The van der Waals surface area contributed by atoms with Gasteiger partial charge in [0.25, 0.3) is 0 Å². The van der Waals surface area contributed by atoms with E-state index in [1.165, 1.54) is 120 Å². The molecule has 1 aromatic heterocycles. The molecule has 8 aromatic rings. The Morgan fingerprint density at radius 3 is 1.70 bits per heavy atom. The fourth-order valence-corrected chi connectivity index (χ4v) is 14.9. The molecule has 0 amide bonds. The van der Waals surface area contributed by atoms with Crippen LogP contribution in [0.25, 0.3) is 44.2 Å². The van der Waals surface area contributed by atoms with E-state index >= 15 is 0 Å². The highest BCUT2D eigenvalue weighted by atomic mass is 16.3. The third kappa shape index (κ3) is 6.77. The topological polar surface area (TPSA) is 28.4 Å². The zero-order chi connectivity index (χ0) is 52.0. The molecule has 0 spiro atoms. The number of benzene rings is 7. The van der Waals surface area contributed by atoms with E-state index in [-0.39, 0.29) is 37.9 Å². The highest BCUT2D eigenvalue weighted by Crippen LogP contribution is 2.59. The van der Waals surface area contributed by atoms with Crippen molar-refractivity contribution in [3.05, 3.63) is 159 Å². The third-order valence-electron chi connectivity index (χ3n) is 20.0. The van der Waals surface area contributed by atoms with Crippen LogP contribution in [-0.2, 0) is 37.9 Å². The quantitative estimate of drug-likeness (QED) is 0.178. The van der Waals surface area contributed by atoms with Gasteiger partial charge >= 0.3 is 0 Å². The first kappa shape index (κ1) is 47.7. The van der Waals surface area contributed by atoms with Crippen LogP contribution in [0.4, 0.5) is 28.4 Å². The lowest BCUT2D eigenvalue weighted by Crippen LogP contribution is -2.43. The number of furan rings is 1. The molecule has 4 heteroatoms. The Kier molecular flexibility index (Phi) is 9.88. The predicted molar refractivity (Wildman–Crippen MR) is 317 cm³/mol. The van der Waals surface area contributed by atoms with Crippen LogP contribution in [0.2, 0.25) is 0 Å². The first-order chi connectivity index (χ1) is 34.8. The summed E-state index contributed by atoms with van der Waals surface area (Å²) in [6.45, 7) is 36.8. The predicted octanol–water partition coefficient (Wildman–Crippen LogP) is 18.1. The lowest BCUT2D eigenvalue weighted by molar-refractivity contribution is 0.332. The molecule has 2 heterocycles. The number of aryl methyl sites for hydroxylation is 1. The van der Waals surface area contributed by atoms with Gasteiger partial charge in [-0.15, -0.1) is 0 Å². The van der Waals surface area contributed by atoms with Crippen molar-refractivity contribution in [2.45, 2.75) is 180 Å². The first-order valence-corrected chi connectivity index (χ1v) is 28.0. The first-order valence-electron chi connectivity index (χ1n) is 28.0. The van der Waals surface area contributed by atoms with Gasteiger partial charge in [-0.25, -0.2) is 0 Å². The van der Waals surface area contributed by atoms with Crippen molar-refractivity contribution >= 4 is 68.6 Å². The summed E-state index contributed by atoms with van der Waals surface area (Å²) in [5, 5.41) is 6.53. The summed E-state index contributed by atoms with van der Waals surface area (Å²) in [6, 6.07) is 42.8. The number of nitrogens with zero attached hydrogens (tertiary/aromatic N) is 1. The molecule has 0 bridgehead atoms. The van der Waals surface area contributed by atoms with Gasteiger partial charge in [0.1, 0.15) is 5.58 Å². The molecule has 7 aromatic carbocycles. The second-order valence-corrected chi connectivity index (χ2v) is 28.1. The lowest BCUT2D eigenvalue weighted by atomic mass is 9.56. The Bertz CT molecular complexity index is 3740. The normalized spacial score (nSPS) is 20.3. The maximum Gasteiger partial charge on any atom is 0.198 e. The van der Waals surface area contributed by atoms with Crippen molar-refractivity contribution < 1.29 is 4.42 Å². The summed E-state index contributed by atoms with van der Waals surface area (Å²) in [6.07, 6.45) is 6.98. The summed E-state index contributed by atoms with van der Waals surface area (Å²) in [7, 11) is 2.53. The maximum atomic E-state index is 7.18. The van der Waals surface area contributed by atoms with Crippen molar-refractivity contribution in [2.24, 2.45) is 0 Å². The van der Waals surface area contributed by atoms with Crippen LogP contribution in [0, 0.1) is 6.92 Å². The lowest BCUT2D eigenvalue weighted by Gasteiger charge is -2.44. The molecule has 5 aliphatic rings. The number of fused-ring (bicyclic) bond motifs is 13. The van der Waals surface area contributed by atoms with Crippen LogP contribution in [-0.4, -0.2) is 7.28 Å². The number of hydrogen-bond acceptors (Lipinski definition) is 3. The van der Waals surface area contributed by atoms with Crippen molar-refractivity contribution in [3.63, 3.8) is 0 Å². The van der Waals surface area contributed by atoms with Crippen molar-refractivity contribution in [3.8, 4) is 22.3 Å². The highest BCUT2D eigenvalue weighted by Gasteiger charge is 2.46. The number of anilines is 5. The van der Waals surface area contributed by atoms with E-state index in [1.54, 1.807) is 0 Å². The van der Waals surface area contributed by atoms with E-state index in [2.05, 4.69) is 231 Å². The summed E-state index contributed by atoms with van der Waals surface area (Å²) < 4.78 is 7.18. The van der Waals surface area contributed by atoms with Gasteiger partial charge in [0.05, 0.1) is 5.69 Å². The molecule has 0 saturated carbocycles. The molecule has 1 radical (unpaired) electrons. The zero-order valence-corrected chi connectivity index (χ0v) is 47.1. The second kappa shape index (κ2) is 15.3. The summed E-state index contributed by atoms with van der Waals surface area (Å²) in [5.74, 6) is 0. The molecule has 1 aliphatic heterocycles. The third-order valence-corrected chi connectivity index (χ3v) is 20.0. The molecule has 0 unspecified atom stereocenters. The summed E-state index contributed by atoms with van der Waals surface area (Å²) in [4.78, 5) is 2.70. The minimum Gasteiger partial charge on any atom is -0.454 e. The van der Waals surface area contributed by atoms with Crippen molar-refractivity contribution in [2.75, 3.05) is 10.2 Å². The van der Waals surface area contributed by atoms with Crippen LogP contribution in [0.5, 0.6) is 0 Å². The molecule has 4 aliphatic carbocycles. The van der Waals surface area contributed by atoms with E-state index in [0.717, 1.165) is 52.6 Å². The molecule has 0 saturated heterocycles. The van der Waals surface area contributed by atoms with Crippen LogP contribution in [0.15, 0.2) is 114 Å². The smallest absolute Gasteiger partial charge is 0.198 e.